The van der Waals surface area contributed by atoms with Crippen molar-refractivity contribution in [2.24, 2.45) is 0 Å². The van der Waals surface area contributed by atoms with Gasteiger partial charge in [-0.1, -0.05) is 32.0 Å². The van der Waals surface area contributed by atoms with Crippen LogP contribution in [0.1, 0.15) is 19.4 Å². The first-order chi connectivity index (χ1) is 15.6. The van der Waals surface area contributed by atoms with E-state index in [-0.39, 0.29) is 12.4 Å². The molecule has 0 unspecified atom stereocenters. The first-order valence-electron chi connectivity index (χ1n) is 10.3. The van der Waals surface area contributed by atoms with Crippen LogP contribution in [0, 0.1) is 0 Å². The molecular formula is C23H28N6O3. The highest BCUT2D eigenvalue weighted by Crippen LogP contribution is 2.20. The summed E-state index contributed by atoms with van der Waals surface area (Å²) in [6, 6.07) is 13.5. The maximum Gasteiger partial charge on any atom is 0.290 e. The number of nitrogens with one attached hydrogen (secondary N) is 2. The summed E-state index contributed by atoms with van der Waals surface area (Å²) >= 11 is 0. The monoisotopic (exact) mass is 436 g/mol. The van der Waals surface area contributed by atoms with E-state index in [1.165, 1.54) is 0 Å². The average Bonchev–Trinajstić information content (AvgIpc) is 2.83. The van der Waals surface area contributed by atoms with E-state index in [9.17, 15) is 4.79 Å². The Kier molecular flexibility index (Phi) is 10.3. The largest absolute Gasteiger partial charge is 0.483 e. The molecule has 9 heteroatoms. The van der Waals surface area contributed by atoms with Gasteiger partial charge >= 0.3 is 0 Å². The maximum atomic E-state index is 12.1. The molecule has 0 saturated heterocycles. The second kappa shape index (κ2) is 13.5. The van der Waals surface area contributed by atoms with Crippen LogP contribution in [0.4, 0.5) is 11.6 Å². The van der Waals surface area contributed by atoms with E-state index >= 15 is 0 Å². The minimum Gasteiger partial charge on any atom is -0.483 e. The summed E-state index contributed by atoms with van der Waals surface area (Å²) in [5, 5.41) is 13.0. The molecule has 0 spiro atoms. The third-order valence-electron chi connectivity index (χ3n) is 4.57. The van der Waals surface area contributed by atoms with E-state index in [1.54, 1.807) is 18.5 Å². The first-order valence-corrected chi connectivity index (χ1v) is 10.3. The van der Waals surface area contributed by atoms with Gasteiger partial charge in [-0.3, -0.25) is 19.5 Å². The molecule has 0 radical (unpaired) electrons. The van der Waals surface area contributed by atoms with E-state index in [2.05, 4.69) is 44.3 Å². The molecule has 168 valence electrons. The highest BCUT2D eigenvalue weighted by atomic mass is 16.3. The van der Waals surface area contributed by atoms with Gasteiger partial charge in [-0.25, -0.2) is 9.97 Å². The van der Waals surface area contributed by atoms with Gasteiger partial charge in [-0.05, 0) is 42.9 Å². The molecule has 0 bridgehead atoms. The number of amides is 1. The number of carboxylic acid groups (broad SMARTS) is 1. The quantitative estimate of drug-likeness (QED) is 0.438. The summed E-state index contributed by atoms with van der Waals surface area (Å²) in [6.45, 7) is 6.58. The van der Waals surface area contributed by atoms with Crippen LogP contribution < -0.4 is 10.6 Å². The summed E-state index contributed by atoms with van der Waals surface area (Å²) in [4.78, 5) is 35.4. The zero-order chi connectivity index (χ0) is 23.2. The SMILES string of the molecule is CCN(CC)CC(=O)Nc1ccc(-c2ccc(CNc3ncccn3)cn2)cc1.O=CO. The summed E-state index contributed by atoms with van der Waals surface area (Å²) in [5.41, 5.74) is 3.71. The number of carbonyl (C=O) groups excluding carboxylic acids is 1. The standard InChI is InChI=1S/C22H26N6O.CH2O2/c1-3-28(4-2)16-21(29)27-19-9-7-18(8-10-19)20-11-6-17(14-25-20)15-26-22-23-12-5-13-24-22;2-1-3/h5-14H,3-4,15-16H2,1-2H3,(H,27,29)(H,23,24,26);1H,(H,2,3). The average molecular weight is 437 g/mol. The van der Waals surface area contributed by atoms with Crippen molar-refractivity contribution < 1.29 is 14.7 Å². The smallest absolute Gasteiger partial charge is 0.290 e. The molecule has 3 N–H and O–H groups in total. The van der Waals surface area contributed by atoms with E-state index < -0.39 is 0 Å². The highest BCUT2D eigenvalue weighted by Gasteiger charge is 2.08. The Bertz CT molecular complexity index is 946. The van der Waals surface area contributed by atoms with Gasteiger partial charge in [-0.2, -0.15) is 0 Å². The maximum absolute atomic E-state index is 12.1. The van der Waals surface area contributed by atoms with Crippen molar-refractivity contribution in [1.29, 1.82) is 0 Å². The van der Waals surface area contributed by atoms with Crippen molar-refractivity contribution in [3.63, 3.8) is 0 Å². The molecule has 3 aromatic rings. The molecule has 0 saturated carbocycles. The minimum absolute atomic E-state index is 0.00109. The number of pyridine rings is 1. The number of anilines is 2. The van der Waals surface area contributed by atoms with Gasteiger partial charge in [0.2, 0.25) is 11.9 Å². The number of hydrogen-bond acceptors (Lipinski definition) is 7. The fraction of sp³-hybridized carbons (Fsp3) is 0.261. The summed E-state index contributed by atoms with van der Waals surface area (Å²) < 4.78 is 0. The molecule has 0 aliphatic rings. The number of rotatable bonds is 9. The van der Waals surface area contributed by atoms with E-state index in [0.29, 0.717) is 19.0 Å². The van der Waals surface area contributed by atoms with Gasteiger partial charge in [0.05, 0.1) is 12.2 Å². The zero-order valence-electron chi connectivity index (χ0n) is 18.2. The van der Waals surface area contributed by atoms with Gasteiger partial charge < -0.3 is 15.7 Å². The fourth-order valence-electron chi connectivity index (χ4n) is 2.85. The van der Waals surface area contributed by atoms with Crippen molar-refractivity contribution in [2.45, 2.75) is 20.4 Å². The molecule has 0 atom stereocenters. The van der Waals surface area contributed by atoms with Crippen LogP contribution in [0.25, 0.3) is 11.3 Å². The van der Waals surface area contributed by atoms with Crippen LogP contribution in [0.5, 0.6) is 0 Å². The van der Waals surface area contributed by atoms with Crippen LogP contribution in [0.3, 0.4) is 0 Å². The van der Waals surface area contributed by atoms with E-state index in [1.807, 2.05) is 42.6 Å². The third kappa shape index (κ3) is 8.11. The molecular weight excluding hydrogens is 408 g/mol. The Balaban J connectivity index is 0.00000114. The lowest BCUT2D eigenvalue weighted by molar-refractivity contribution is -0.123. The Labute approximate surface area is 187 Å². The summed E-state index contributed by atoms with van der Waals surface area (Å²) in [5.74, 6) is 0.592. The Morgan fingerprint density at radius 3 is 2.25 bits per heavy atom. The van der Waals surface area contributed by atoms with Gasteiger partial charge in [0.1, 0.15) is 0 Å². The second-order valence-corrected chi connectivity index (χ2v) is 6.67. The van der Waals surface area contributed by atoms with Crippen molar-refractivity contribution in [1.82, 2.24) is 19.9 Å². The number of carbonyl (C=O) groups is 2. The van der Waals surface area contributed by atoms with E-state index in [4.69, 9.17) is 9.90 Å². The summed E-state index contributed by atoms with van der Waals surface area (Å²) in [6.07, 6.45) is 5.24. The molecule has 1 aromatic carbocycles. The number of nitrogens with zero attached hydrogens (tertiary/aromatic N) is 4. The first kappa shape index (κ1) is 24.4. The molecule has 3 rings (SSSR count). The number of benzene rings is 1. The van der Waals surface area contributed by atoms with Gasteiger partial charge in [0.25, 0.3) is 6.47 Å². The lowest BCUT2D eigenvalue weighted by Crippen LogP contribution is -2.32. The van der Waals surface area contributed by atoms with Gasteiger partial charge in [0.15, 0.2) is 0 Å². The lowest BCUT2D eigenvalue weighted by atomic mass is 10.1. The zero-order valence-corrected chi connectivity index (χ0v) is 18.2. The minimum atomic E-state index is -0.250. The molecule has 0 aliphatic heterocycles. The van der Waals surface area contributed by atoms with E-state index in [0.717, 1.165) is 35.6 Å². The van der Waals surface area contributed by atoms with Crippen molar-refractivity contribution in [3.8, 4) is 11.3 Å². The molecule has 0 aliphatic carbocycles. The molecule has 32 heavy (non-hydrogen) atoms. The second-order valence-electron chi connectivity index (χ2n) is 6.67. The van der Waals surface area contributed by atoms with Crippen LogP contribution >= 0.6 is 0 Å². The van der Waals surface area contributed by atoms with Crippen molar-refractivity contribution in [2.75, 3.05) is 30.3 Å². The Hall–Kier alpha value is -3.85. The third-order valence-corrected chi connectivity index (χ3v) is 4.57. The van der Waals surface area contributed by atoms with Gasteiger partial charge in [-0.15, -0.1) is 0 Å². The number of aromatic nitrogens is 3. The predicted molar refractivity (Wildman–Crippen MR) is 124 cm³/mol. The highest BCUT2D eigenvalue weighted by molar-refractivity contribution is 5.92. The Morgan fingerprint density at radius 1 is 1.03 bits per heavy atom. The molecule has 2 aromatic heterocycles. The molecule has 1 amide bonds. The van der Waals surface area contributed by atoms with Crippen molar-refractivity contribution in [3.05, 3.63) is 66.6 Å². The van der Waals surface area contributed by atoms with Crippen LogP contribution in [0.2, 0.25) is 0 Å². The topological polar surface area (TPSA) is 120 Å². The molecule has 9 nitrogen and oxygen atoms in total. The fourth-order valence-corrected chi connectivity index (χ4v) is 2.85. The predicted octanol–water partition coefficient (Wildman–Crippen LogP) is 3.13. The van der Waals surface area contributed by atoms with Crippen LogP contribution in [0.15, 0.2) is 61.1 Å². The lowest BCUT2D eigenvalue weighted by Gasteiger charge is -2.17. The van der Waals surface area contributed by atoms with Crippen molar-refractivity contribution >= 4 is 24.0 Å². The van der Waals surface area contributed by atoms with Gasteiger partial charge in [0, 0.05) is 36.4 Å². The normalized spacial score (nSPS) is 10.1. The molecule has 2 heterocycles. The number of likely N-dealkylation sites (N-methyl/N-ethyl adjacent to an activating group) is 1. The summed E-state index contributed by atoms with van der Waals surface area (Å²) in [7, 11) is 0. The van der Waals surface area contributed by atoms with Crippen LogP contribution in [-0.4, -0.2) is 57.0 Å². The Morgan fingerprint density at radius 2 is 1.69 bits per heavy atom. The van der Waals surface area contributed by atoms with Crippen LogP contribution in [-0.2, 0) is 16.1 Å². The number of hydrogen-bond donors (Lipinski definition) is 3. The molecule has 0 fully saturated rings.